The van der Waals surface area contributed by atoms with Crippen LogP contribution in [0.3, 0.4) is 0 Å². The molecule has 0 radical (unpaired) electrons. The van der Waals surface area contributed by atoms with Gasteiger partial charge in [0.15, 0.2) is 0 Å². The lowest BCUT2D eigenvalue weighted by Gasteiger charge is -2.36. The van der Waals surface area contributed by atoms with Crippen molar-refractivity contribution in [3.8, 4) is 17.6 Å². The summed E-state index contributed by atoms with van der Waals surface area (Å²) in [6, 6.07) is 4.39. The molecular weight excluding hydrogens is 604 g/mol. The number of amides is 1. The summed E-state index contributed by atoms with van der Waals surface area (Å²) in [5.74, 6) is 2.14. The minimum absolute atomic E-state index is 0.0641. The number of nitriles is 1. The number of thiophene rings is 1. The number of rotatable bonds is 8. The van der Waals surface area contributed by atoms with E-state index in [9.17, 15) is 10.1 Å². The van der Waals surface area contributed by atoms with E-state index >= 15 is 0 Å². The number of nitrogen functional groups attached to an aromatic ring is 1. The van der Waals surface area contributed by atoms with E-state index in [1.165, 1.54) is 17.4 Å². The first-order valence-corrected chi connectivity index (χ1v) is 16.8. The van der Waals surface area contributed by atoms with Gasteiger partial charge in [0.2, 0.25) is 23.6 Å². The maximum atomic E-state index is 12.2. The summed E-state index contributed by atoms with van der Waals surface area (Å²) in [4.78, 5) is 37.1. The van der Waals surface area contributed by atoms with Gasteiger partial charge in [-0.1, -0.05) is 11.7 Å². The van der Waals surface area contributed by atoms with Crippen molar-refractivity contribution in [2.24, 2.45) is 0 Å². The van der Waals surface area contributed by atoms with Gasteiger partial charge in [-0.2, -0.15) is 15.2 Å². The second-order valence-corrected chi connectivity index (χ2v) is 13.6. The van der Waals surface area contributed by atoms with Crippen molar-refractivity contribution in [3.05, 3.63) is 40.6 Å². The van der Waals surface area contributed by atoms with Gasteiger partial charge >= 0.3 is 0 Å². The molecule has 3 aromatic heterocycles. The number of aromatic nitrogens is 4. The molecule has 0 bridgehead atoms. The first-order valence-electron chi connectivity index (χ1n) is 15.9. The topological polar surface area (TPSA) is 154 Å². The zero-order valence-electron chi connectivity index (χ0n) is 26.9. The van der Waals surface area contributed by atoms with Crippen LogP contribution >= 0.6 is 11.3 Å². The number of carbonyl (C=O) groups excluding carboxylic acids is 1. The number of hydrogen-bond donors (Lipinski definition) is 1. The third kappa shape index (κ3) is 6.06. The SMILES string of the molecule is C=CC(=O)N1CCN(c2cc(-c3noc([C@@]4(C)CCCc5sc(N)c(C#N)c54)n3)nc(N3CCCN(CCOC)C[C@@H]3C)n2)CC1. The first-order chi connectivity index (χ1) is 22.2. The molecule has 1 aliphatic carbocycles. The predicted molar refractivity (Wildman–Crippen MR) is 177 cm³/mol. The van der Waals surface area contributed by atoms with Gasteiger partial charge in [0.25, 0.3) is 0 Å². The maximum absolute atomic E-state index is 12.2. The Morgan fingerprint density at radius 3 is 2.78 bits per heavy atom. The van der Waals surface area contributed by atoms with Gasteiger partial charge in [-0.25, -0.2) is 4.98 Å². The molecule has 13 nitrogen and oxygen atoms in total. The standard InChI is InChI=1S/C32H42N10O3S/c1-5-26(43)41-14-12-40(13-15-41)25-18-23(35-31(36-25)42-11-7-10-39(16-17-44-4)20-21(42)2)29-37-30(45-38-29)32(3)9-6-8-24-27(32)22(19-33)28(34)46-24/h5,18,21H,1,6-17,20,34H2,2-4H3/t21-,32-/m0/s1. The van der Waals surface area contributed by atoms with E-state index in [0.717, 1.165) is 68.1 Å². The zero-order chi connectivity index (χ0) is 32.4. The van der Waals surface area contributed by atoms with Crippen LogP contribution in [0.2, 0.25) is 0 Å². The summed E-state index contributed by atoms with van der Waals surface area (Å²) in [6.45, 7) is 14.5. The van der Waals surface area contributed by atoms with Crippen LogP contribution in [0.15, 0.2) is 23.2 Å². The van der Waals surface area contributed by atoms with Gasteiger partial charge in [0.05, 0.1) is 17.6 Å². The largest absolute Gasteiger partial charge is 0.389 e. The fraction of sp³-hybridized carbons (Fsp3) is 0.562. The summed E-state index contributed by atoms with van der Waals surface area (Å²) < 4.78 is 11.3. The highest BCUT2D eigenvalue weighted by molar-refractivity contribution is 7.16. The fourth-order valence-corrected chi connectivity index (χ4v) is 8.13. The quantitative estimate of drug-likeness (QED) is 0.358. The summed E-state index contributed by atoms with van der Waals surface area (Å²) in [7, 11) is 1.73. The Kier molecular flexibility index (Phi) is 9.26. The summed E-state index contributed by atoms with van der Waals surface area (Å²) in [5, 5.41) is 14.9. The number of aryl methyl sites for hydroxylation is 1. The van der Waals surface area contributed by atoms with Gasteiger partial charge in [-0.05, 0) is 52.2 Å². The number of nitrogens with two attached hydrogens (primary N) is 1. The zero-order valence-corrected chi connectivity index (χ0v) is 27.7. The van der Waals surface area contributed by atoms with Gasteiger partial charge in [-0.15, -0.1) is 11.3 Å². The number of nitrogens with zero attached hydrogens (tertiary/aromatic N) is 9. The monoisotopic (exact) mass is 646 g/mol. The highest BCUT2D eigenvalue weighted by Crippen LogP contribution is 2.48. The summed E-state index contributed by atoms with van der Waals surface area (Å²) >= 11 is 1.48. The van der Waals surface area contributed by atoms with Crippen LogP contribution in [0.4, 0.5) is 16.8 Å². The molecule has 3 aliphatic rings. The van der Waals surface area contributed by atoms with Crippen LogP contribution in [-0.4, -0.2) is 108 Å². The molecule has 2 aliphatic heterocycles. The average molecular weight is 647 g/mol. The van der Waals surface area contributed by atoms with Crippen molar-refractivity contribution in [1.29, 1.82) is 5.26 Å². The molecule has 0 aromatic carbocycles. The van der Waals surface area contributed by atoms with Gasteiger partial charge in [0, 0.05) is 75.5 Å². The molecule has 3 aromatic rings. The van der Waals surface area contributed by atoms with E-state index < -0.39 is 5.41 Å². The Morgan fingerprint density at radius 2 is 2.04 bits per heavy atom. The van der Waals surface area contributed by atoms with E-state index in [-0.39, 0.29) is 11.9 Å². The van der Waals surface area contributed by atoms with E-state index in [1.54, 1.807) is 12.0 Å². The Labute approximate surface area is 273 Å². The molecule has 0 spiro atoms. The third-order valence-corrected chi connectivity index (χ3v) is 10.5. The number of carbonyl (C=O) groups is 1. The lowest BCUT2D eigenvalue weighted by Crippen LogP contribution is -2.48. The smallest absolute Gasteiger partial charge is 0.246 e. The molecule has 2 atom stereocenters. The van der Waals surface area contributed by atoms with Crippen LogP contribution in [-0.2, 0) is 21.4 Å². The van der Waals surface area contributed by atoms with Gasteiger partial charge < -0.3 is 29.7 Å². The van der Waals surface area contributed by atoms with Crippen molar-refractivity contribution in [3.63, 3.8) is 0 Å². The number of fused-ring (bicyclic) bond motifs is 1. The summed E-state index contributed by atoms with van der Waals surface area (Å²) in [6.07, 6.45) is 4.91. The van der Waals surface area contributed by atoms with Crippen LogP contribution in [0.1, 0.15) is 55.0 Å². The predicted octanol–water partition coefficient (Wildman–Crippen LogP) is 3.07. The Hall–Kier alpha value is -4.06. The van der Waals surface area contributed by atoms with E-state index in [4.69, 9.17) is 29.9 Å². The van der Waals surface area contributed by atoms with Crippen molar-refractivity contribution >= 4 is 34.0 Å². The van der Waals surface area contributed by atoms with Crippen molar-refractivity contribution < 1.29 is 14.1 Å². The molecule has 0 saturated carbocycles. The van der Waals surface area contributed by atoms with E-state index in [2.05, 4.69) is 46.4 Å². The van der Waals surface area contributed by atoms with Crippen LogP contribution in [0, 0.1) is 11.3 Å². The van der Waals surface area contributed by atoms with Gasteiger partial charge in [0.1, 0.15) is 22.6 Å². The molecule has 2 saturated heterocycles. The molecule has 0 unspecified atom stereocenters. The van der Waals surface area contributed by atoms with Crippen LogP contribution < -0.4 is 15.5 Å². The van der Waals surface area contributed by atoms with Crippen LogP contribution in [0.5, 0.6) is 0 Å². The molecular formula is C32H42N10O3S. The molecule has 14 heteroatoms. The highest BCUT2D eigenvalue weighted by Gasteiger charge is 2.43. The summed E-state index contributed by atoms with van der Waals surface area (Å²) in [5.41, 5.74) is 7.62. The molecule has 6 rings (SSSR count). The maximum Gasteiger partial charge on any atom is 0.246 e. The first kappa shape index (κ1) is 31.9. The molecule has 5 heterocycles. The number of piperazine rings is 1. The van der Waals surface area contributed by atoms with E-state index in [0.29, 0.717) is 66.7 Å². The minimum Gasteiger partial charge on any atom is -0.389 e. The van der Waals surface area contributed by atoms with Crippen molar-refractivity contribution in [1.82, 2.24) is 29.9 Å². The van der Waals surface area contributed by atoms with Crippen LogP contribution in [0.25, 0.3) is 11.5 Å². The molecule has 2 fully saturated rings. The number of hydrogen-bond acceptors (Lipinski definition) is 13. The van der Waals surface area contributed by atoms with Crippen molar-refractivity contribution in [2.75, 3.05) is 81.6 Å². The van der Waals surface area contributed by atoms with Crippen molar-refractivity contribution in [2.45, 2.75) is 51.0 Å². The van der Waals surface area contributed by atoms with E-state index in [1.807, 2.05) is 6.07 Å². The number of ether oxygens (including phenoxy) is 1. The second-order valence-electron chi connectivity index (χ2n) is 12.5. The third-order valence-electron chi connectivity index (χ3n) is 9.47. The van der Waals surface area contributed by atoms with Gasteiger partial charge in [-0.3, -0.25) is 9.69 Å². The Morgan fingerprint density at radius 1 is 1.24 bits per heavy atom. The molecule has 46 heavy (non-hydrogen) atoms. The Bertz CT molecular complexity index is 1620. The minimum atomic E-state index is -0.629. The Balaban J connectivity index is 1.36. The average Bonchev–Trinajstić information content (AvgIpc) is 3.65. The molecule has 244 valence electrons. The second kappa shape index (κ2) is 13.4. The molecule has 2 N–H and O–H groups in total. The number of methoxy groups -OCH3 is 1. The lowest BCUT2D eigenvalue weighted by molar-refractivity contribution is -0.126. The fourth-order valence-electron chi connectivity index (χ4n) is 6.94. The lowest BCUT2D eigenvalue weighted by atomic mass is 9.72. The highest BCUT2D eigenvalue weighted by atomic mass is 32.1. The molecule has 1 amide bonds. The number of anilines is 3. The normalized spacial score (nSPS) is 22.3.